The molecule has 1 aromatic heterocycles. The van der Waals surface area contributed by atoms with Crippen LogP contribution in [0.4, 0.5) is 10.5 Å². The van der Waals surface area contributed by atoms with Gasteiger partial charge in [0.1, 0.15) is 5.84 Å². The van der Waals surface area contributed by atoms with E-state index in [9.17, 15) is 4.79 Å². The Morgan fingerprint density at radius 3 is 2.50 bits per heavy atom. The molecule has 7 nitrogen and oxygen atoms in total. The molecule has 1 amide bonds. The van der Waals surface area contributed by atoms with Gasteiger partial charge in [0, 0.05) is 23.7 Å². The third-order valence-corrected chi connectivity index (χ3v) is 5.29. The Balaban J connectivity index is 1.74. The lowest BCUT2D eigenvalue weighted by Crippen LogP contribution is -2.18. The zero-order valence-corrected chi connectivity index (χ0v) is 17.4. The number of ether oxygens (including phenoxy) is 3. The molecule has 0 saturated carbocycles. The van der Waals surface area contributed by atoms with Crippen LogP contribution >= 0.6 is 11.8 Å². The van der Waals surface area contributed by atoms with Gasteiger partial charge in [0.15, 0.2) is 11.5 Å². The highest BCUT2D eigenvalue weighted by atomic mass is 32.2. The van der Waals surface area contributed by atoms with Gasteiger partial charge in [0.2, 0.25) is 5.75 Å². The molecule has 1 fully saturated rings. The van der Waals surface area contributed by atoms with Crippen molar-refractivity contribution in [1.82, 2.24) is 10.3 Å². The molecular weight excluding hydrogens is 402 g/mol. The molecule has 1 N–H and O–H groups in total. The first-order valence-electron chi connectivity index (χ1n) is 9.05. The summed E-state index contributed by atoms with van der Waals surface area (Å²) in [5.41, 5.74) is 2.43. The molecule has 0 atom stereocenters. The molecule has 2 aromatic carbocycles. The number of fused-ring (bicyclic) bond motifs is 1. The summed E-state index contributed by atoms with van der Waals surface area (Å²) < 4.78 is 16.1. The van der Waals surface area contributed by atoms with Gasteiger partial charge in [-0.1, -0.05) is 12.1 Å². The third-order valence-electron chi connectivity index (χ3n) is 4.47. The Hall–Kier alpha value is -3.52. The lowest BCUT2D eigenvalue weighted by Gasteiger charge is -2.12. The first-order chi connectivity index (χ1) is 14.6. The van der Waals surface area contributed by atoms with Crippen molar-refractivity contribution in [2.75, 3.05) is 21.3 Å². The predicted molar refractivity (Wildman–Crippen MR) is 119 cm³/mol. The van der Waals surface area contributed by atoms with E-state index in [4.69, 9.17) is 14.2 Å². The fourth-order valence-corrected chi connectivity index (χ4v) is 3.84. The number of nitrogens with one attached hydrogen (secondary N) is 1. The second-order valence-electron chi connectivity index (χ2n) is 6.32. The van der Waals surface area contributed by atoms with Crippen molar-refractivity contribution >= 4 is 45.5 Å². The number of amidine groups is 1. The van der Waals surface area contributed by atoms with Crippen LogP contribution in [0, 0.1) is 0 Å². The molecule has 0 bridgehead atoms. The van der Waals surface area contributed by atoms with E-state index >= 15 is 0 Å². The minimum absolute atomic E-state index is 0.185. The van der Waals surface area contributed by atoms with E-state index in [0.29, 0.717) is 28.8 Å². The number of carbonyl (C=O) groups excluding carboxylic acids is 1. The Morgan fingerprint density at radius 1 is 1.03 bits per heavy atom. The second kappa shape index (κ2) is 8.46. The van der Waals surface area contributed by atoms with Crippen LogP contribution in [0.3, 0.4) is 0 Å². The van der Waals surface area contributed by atoms with Gasteiger partial charge in [0.25, 0.3) is 5.24 Å². The van der Waals surface area contributed by atoms with Gasteiger partial charge in [-0.05, 0) is 41.6 Å². The molecule has 1 aliphatic heterocycles. The molecule has 152 valence electrons. The van der Waals surface area contributed by atoms with Gasteiger partial charge in [-0.25, -0.2) is 4.99 Å². The molecule has 30 heavy (non-hydrogen) atoms. The number of aromatic nitrogens is 1. The summed E-state index contributed by atoms with van der Waals surface area (Å²) in [5, 5.41) is 3.63. The minimum atomic E-state index is -0.185. The monoisotopic (exact) mass is 421 g/mol. The van der Waals surface area contributed by atoms with Crippen LogP contribution in [0.2, 0.25) is 0 Å². The number of rotatable bonds is 5. The van der Waals surface area contributed by atoms with Crippen LogP contribution in [-0.4, -0.2) is 37.4 Å². The number of pyridine rings is 1. The smallest absolute Gasteiger partial charge is 0.289 e. The van der Waals surface area contributed by atoms with E-state index < -0.39 is 0 Å². The lowest BCUT2D eigenvalue weighted by atomic mass is 10.1. The number of carbonyl (C=O) groups is 1. The number of hydrogen-bond acceptors (Lipinski definition) is 7. The summed E-state index contributed by atoms with van der Waals surface area (Å²) in [6.07, 6.45) is 3.68. The van der Waals surface area contributed by atoms with Crippen molar-refractivity contribution in [3.8, 4) is 17.2 Å². The van der Waals surface area contributed by atoms with Gasteiger partial charge in [-0.2, -0.15) is 0 Å². The van der Waals surface area contributed by atoms with Crippen molar-refractivity contribution in [1.29, 1.82) is 0 Å². The highest BCUT2D eigenvalue weighted by Gasteiger charge is 2.24. The van der Waals surface area contributed by atoms with Crippen molar-refractivity contribution in [2.24, 2.45) is 4.99 Å². The number of thioether (sulfide) groups is 1. The van der Waals surface area contributed by atoms with E-state index in [1.54, 1.807) is 39.7 Å². The number of amides is 1. The average Bonchev–Trinajstić information content (AvgIpc) is 3.11. The number of nitrogens with zero attached hydrogens (tertiary/aromatic N) is 2. The Bertz CT molecular complexity index is 1160. The minimum Gasteiger partial charge on any atom is -0.493 e. The Kier molecular flexibility index (Phi) is 5.58. The van der Waals surface area contributed by atoms with Crippen LogP contribution in [-0.2, 0) is 0 Å². The number of methoxy groups -OCH3 is 3. The fraction of sp³-hybridized carbons (Fsp3) is 0.136. The zero-order valence-electron chi connectivity index (χ0n) is 16.6. The lowest BCUT2D eigenvalue weighted by molar-refractivity contribution is 0.265. The normalized spacial score (nSPS) is 16.2. The molecule has 0 unspecified atom stereocenters. The number of aliphatic imine (C=N–C) groups is 1. The maximum Gasteiger partial charge on any atom is 0.289 e. The fourth-order valence-electron chi connectivity index (χ4n) is 3.11. The summed E-state index contributed by atoms with van der Waals surface area (Å²) in [4.78, 5) is 21.7. The van der Waals surface area contributed by atoms with Gasteiger partial charge >= 0.3 is 0 Å². The molecule has 2 heterocycles. The van der Waals surface area contributed by atoms with E-state index in [-0.39, 0.29) is 5.24 Å². The van der Waals surface area contributed by atoms with Crippen molar-refractivity contribution in [2.45, 2.75) is 0 Å². The number of benzene rings is 2. The van der Waals surface area contributed by atoms with E-state index in [2.05, 4.69) is 15.3 Å². The highest BCUT2D eigenvalue weighted by molar-refractivity contribution is 8.18. The molecule has 1 aliphatic rings. The van der Waals surface area contributed by atoms with Crippen molar-refractivity contribution in [3.63, 3.8) is 0 Å². The van der Waals surface area contributed by atoms with Crippen LogP contribution in [0.1, 0.15) is 5.56 Å². The first kappa shape index (κ1) is 19.8. The SMILES string of the molecule is COc1cc(N=C2NC(=O)SC2=Cc2ccc3ncccc3c2)cc(OC)c1OC. The van der Waals surface area contributed by atoms with Crippen LogP contribution in [0.15, 0.2) is 58.6 Å². The summed E-state index contributed by atoms with van der Waals surface area (Å²) >= 11 is 1.10. The topological polar surface area (TPSA) is 82.0 Å². The molecule has 1 saturated heterocycles. The van der Waals surface area contributed by atoms with E-state index in [0.717, 1.165) is 33.1 Å². The largest absolute Gasteiger partial charge is 0.493 e. The summed E-state index contributed by atoms with van der Waals surface area (Å²) in [7, 11) is 4.63. The molecule has 4 rings (SSSR count). The predicted octanol–water partition coefficient (Wildman–Crippen LogP) is 4.79. The van der Waals surface area contributed by atoms with Crippen molar-refractivity contribution in [3.05, 3.63) is 59.1 Å². The van der Waals surface area contributed by atoms with Crippen LogP contribution in [0.5, 0.6) is 17.2 Å². The van der Waals surface area contributed by atoms with E-state index in [1.807, 2.05) is 36.4 Å². The first-order valence-corrected chi connectivity index (χ1v) is 9.87. The summed E-state index contributed by atoms with van der Waals surface area (Å²) in [5.74, 6) is 1.92. The third kappa shape index (κ3) is 3.95. The Labute approximate surface area is 177 Å². The molecule has 8 heteroatoms. The van der Waals surface area contributed by atoms with Crippen LogP contribution in [0.25, 0.3) is 17.0 Å². The van der Waals surface area contributed by atoms with Gasteiger partial charge in [-0.3, -0.25) is 9.78 Å². The zero-order chi connectivity index (χ0) is 21.1. The van der Waals surface area contributed by atoms with Gasteiger partial charge < -0.3 is 19.5 Å². The van der Waals surface area contributed by atoms with Crippen LogP contribution < -0.4 is 19.5 Å². The standard InChI is InChI=1S/C22H19N3O4S/c1-27-17-11-15(12-18(28-2)20(17)29-3)24-21-19(30-22(26)25-21)10-13-6-7-16-14(9-13)5-4-8-23-16/h4-12H,1-3H3,(H,24,25,26). The highest BCUT2D eigenvalue weighted by Crippen LogP contribution is 2.41. The summed E-state index contributed by atoms with van der Waals surface area (Å²) in [6.45, 7) is 0. The van der Waals surface area contributed by atoms with E-state index in [1.165, 1.54) is 0 Å². The average molecular weight is 421 g/mol. The summed E-state index contributed by atoms with van der Waals surface area (Å²) in [6, 6.07) is 13.3. The molecule has 0 spiro atoms. The maximum atomic E-state index is 12.1. The second-order valence-corrected chi connectivity index (χ2v) is 7.34. The number of hydrogen-bond donors (Lipinski definition) is 1. The quantitative estimate of drug-likeness (QED) is 0.638. The molecule has 0 aliphatic carbocycles. The molecule has 3 aromatic rings. The van der Waals surface area contributed by atoms with Gasteiger partial charge in [-0.15, -0.1) is 0 Å². The van der Waals surface area contributed by atoms with Crippen molar-refractivity contribution < 1.29 is 19.0 Å². The molecule has 0 radical (unpaired) electrons. The Morgan fingerprint density at radius 2 is 1.80 bits per heavy atom. The van der Waals surface area contributed by atoms with Gasteiger partial charge in [0.05, 0.1) is 37.4 Å². The molecular formula is C22H19N3O4S. The maximum absolute atomic E-state index is 12.1.